The van der Waals surface area contributed by atoms with Crippen molar-refractivity contribution in [1.29, 1.82) is 0 Å². The molecule has 0 spiro atoms. The van der Waals surface area contributed by atoms with Gasteiger partial charge in [-0.2, -0.15) is 0 Å². The lowest BCUT2D eigenvalue weighted by molar-refractivity contribution is 0.121. The Hall–Kier alpha value is -0.860. The van der Waals surface area contributed by atoms with Crippen molar-refractivity contribution in [3.05, 3.63) is 35.4 Å². The highest BCUT2D eigenvalue weighted by atomic mass is 15.2. The van der Waals surface area contributed by atoms with Gasteiger partial charge in [0.2, 0.25) is 0 Å². The molecule has 2 nitrogen and oxygen atoms in total. The van der Waals surface area contributed by atoms with Crippen LogP contribution in [0.1, 0.15) is 63.1 Å². The SMILES string of the molecule is CCC(N)C(c1cccc(C)c1)N(CC)C1CCCC1. The maximum absolute atomic E-state index is 6.50. The molecule has 2 heteroatoms. The number of nitrogens with two attached hydrogens (primary N) is 1. The zero-order chi connectivity index (χ0) is 14.5. The second-order valence-corrected chi connectivity index (χ2v) is 6.20. The molecule has 1 aromatic rings. The lowest BCUT2D eigenvalue weighted by Gasteiger charge is -2.39. The molecule has 1 aliphatic carbocycles. The third kappa shape index (κ3) is 3.42. The van der Waals surface area contributed by atoms with Crippen molar-refractivity contribution >= 4 is 0 Å². The zero-order valence-electron chi connectivity index (χ0n) is 13.3. The van der Waals surface area contributed by atoms with Gasteiger partial charge in [-0.15, -0.1) is 0 Å². The van der Waals surface area contributed by atoms with Gasteiger partial charge < -0.3 is 5.73 Å². The van der Waals surface area contributed by atoms with E-state index >= 15 is 0 Å². The van der Waals surface area contributed by atoms with Crippen molar-refractivity contribution in [1.82, 2.24) is 4.90 Å². The van der Waals surface area contributed by atoms with Crippen LogP contribution in [0.2, 0.25) is 0 Å². The molecule has 1 aliphatic rings. The summed E-state index contributed by atoms with van der Waals surface area (Å²) in [5.41, 5.74) is 9.23. The van der Waals surface area contributed by atoms with E-state index in [4.69, 9.17) is 5.73 Å². The third-order valence-corrected chi connectivity index (χ3v) is 4.78. The number of rotatable bonds is 6. The number of benzene rings is 1. The maximum Gasteiger partial charge on any atom is 0.0501 e. The summed E-state index contributed by atoms with van der Waals surface area (Å²) >= 11 is 0. The van der Waals surface area contributed by atoms with Gasteiger partial charge >= 0.3 is 0 Å². The van der Waals surface area contributed by atoms with Crippen molar-refractivity contribution in [2.75, 3.05) is 6.54 Å². The molecule has 1 fully saturated rings. The summed E-state index contributed by atoms with van der Waals surface area (Å²) in [5, 5.41) is 0. The molecular weight excluding hydrogens is 244 g/mol. The molecule has 2 N–H and O–H groups in total. The van der Waals surface area contributed by atoms with E-state index in [1.165, 1.54) is 36.8 Å². The molecule has 1 saturated carbocycles. The van der Waals surface area contributed by atoms with E-state index < -0.39 is 0 Å². The van der Waals surface area contributed by atoms with Crippen molar-refractivity contribution in [3.8, 4) is 0 Å². The number of likely N-dealkylation sites (N-methyl/N-ethyl adjacent to an activating group) is 1. The minimum atomic E-state index is 0.220. The Morgan fingerprint density at radius 1 is 1.25 bits per heavy atom. The van der Waals surface area contributed by atoms with E-state index in [0.29, 0.717) is 6.04 Å². The van der Waals surface area contributed by atoms with Crippen LogP contribution in [0.15, 0.2) is 24.3 Å². The van der Waals surface area contributed by atoms with E-state index in [9.17, 15) is 0 Å². The third-order valence-electron chi connectivity index (χ3n) is 4.78. The number of hydrogen-bond acceptors (Lipinski definition) is 2. The number of nitrogens with zero attached hydrogens (tertiary/aromatic N) is 1. The average molecular weight is 274 g/mol. The average Bonchev–Trinajstić information content (AvgIpc) is 2.97. The Kier molecular flexibility index (Phi) is 5.62. The van der Waals surface area contributed by atoms with Gasteiger partial charge in [-0.05, 0) is 38.3 Å². The van der Waals surface area contributed by atoms with Gasteiger partial charge in [0.05, 0.1) is 6.04 Å². The molecular formula is C18H30N2. The quantitative estimate of drug-likeness (QED) is 0.848. The Morgan fingerprint density at radius 3 is 2.50 bits per heavy atom. The fraction of sp³-hybridized carbons (Fsp3) is 0.667. The first kappa shape index (κ1) is 15.5. The summed E-state index contributed by atoms with van der Waals surface area (Å²) in [6.07, 6.45) is 6.47. The van der Waals surface area contributed by atoms with Crippen LogP contribution in [0.4, 0.5) is 0 Å². The molecule has 0 heterocycles. The second-order valence-electron chi connectivity index (χ2n) is 6.20. The molecule has 0 aliphatic heterocycles. The van der Waals surface area contributed by atoms with Gasteiger partial charge in [-0.1, -0.05) is 56.5 Å². The van der Waals surface area contributed by atoms with Crippen molar-refractivity contribution in [2.45, 2.75) is 71.0 Å². The van der Waals surface area contributed by atoms with Crippen molar-refractivity contribution in [2.24, 2.45) is 5.73 Å². The Morgan fingerprint density at radius 2 is 1.95 bits per heavy atom. The standard InChI is InChI=1S/C18H30N2/c1-4-17(19)18(15-10-8-9-14(3)13-15)20(5-2)16-11-6-7-12-16/h8-10,13,16-18H,4-7,11-12,19H2,1-3H3. The molecule has 0 bridgehead atoms. The van der Waals surface area contributed by atoms with E-state index in [1.807, 2.05) is 0 Å². The van der Waals surface area contributed by atoms with Crippen molar-refractivity contribution in [3.63, 3.8) is 0 Å². The molecule has 2 atom stereocenters. The molecule has 2 rings (SSSR count). The van der Waals surface area contributed by atoms with E-state index in [-0.39, 0.29) is 6.04 Å². The van der Waals surface area contributed by atoms with Crippen LogP contribution >= 0.6 is 0 Å². The van der Waals surface area contributed by atoms with E-state index in [2.05, 4.69) is 49.9 Å². The van der Waals surface area contributed by atoms with Crippen LogP contribution in [0.5, 0.6) is 0 Å². The second kappa shape index (κ2) is 7.24. The predicted molar refractivity (Wildman–Crippen MR) is 86.8 cm³/mol. The monoisotopic (exact) mass is 274 g/mol. The highest BCUT2D eigenvalue weighted by Gasteiger charge is 2.31. The van der Waals surface area contributed by atoms with Crippen LogP contribution in [0, 0.1) is 6.92 Å². The zero-order valence-corrected chi connectivity index (χ0v) is 13.3. The Bertz CT molecular complexity index is 410. The molecule has 112 valence electrons. The summed E-state index contributed by atoms with van der Waals surface area (Å²) in [4.78, 5) is 2.66. The van der Waals surface area contributed by atoms with E-state index in [0.717, 1.165) is 19.0 Å². The first-order valence-electron chi connectivity index (χ1n) is 8.25. The van der Waals surface area contributed by atoms with Crippen LogP contribution in [0.25, 0.3) is 0 Å². The highest BCUT2D eigenvalue weighted by Crippen LogP contribution is 2.33. The van der Waals surface area contributed by atoms with Crippen LogP contribution < -0.4 is 5.73 Å². The molecule has 0 radical (unpaired) electrons. The summed E-state index contributed by atoms with van der Waals surface area (Å²) < 4.78 is 0. The molecule has 0 amide bonds. The minimum Gasteiger partial charge on any atom is -0.326 e. The van der Waals surface area contributed by atoms with Gasteiger partial charge in [-0.25, -0.2) is 0 Å². The molecule has 0 saturated heterocycles. The summed E-state index contributed by atoms with van der Waals surface area (Å²) in [6.45, 7) is 7.75. The minimum absolute atomic E-state index is 0.220. The molecule has 0 aromatic heterocycles. The fourth-order valence-electron chi connectivity index (χ4n) is 3.68. The first-order valence-corrected chi connectivity index (χ1v) is 8.25. The van der Waals surface area contributed by atoms with Gasteiger partial charge in [-0.3, -0.25) is 4.90 Å². The predicted octanol–water partition coefficient (Wildman–Crippen LogP) is 4.04. The lowest BCUT2D eigenvalue weighted by Crippen LogP contribution is -2.45. The van der Waals surface area contributed by atoms with Crippen LogP contribution in [-0.2, 0) is 0 Å². The largest absolute Gasteiger partial charge is 0.326 e. The molecule has 1 aromatic carbocycles. The van der Waals surface area contributed by atoms with Crippen LogP contribution in [-0.4, -0.2) is 23.5 Å². The molecule has 2 unspecified atom stereocenters. The lowest BCUT2D eigenvalue weighted by atomic mass is 9.93. The normalized spacial score (nSPS) is 19.4. The summed E-state index contributed by atoms with van der Waals surface area (Å²) in [5.74, 6) is 0. The van der Waals surface area contributed by atoms with Gasteiger partial charge in [0.1, 0.15) is 0 Å². The fourth-order valence-corrected chi connectivity index (χ4v) is 3.68. The van der Waals surface area contributed by atoms with Crippen LogP contribution in [0.3, 0.4) is 0 Å². The summed E-state index contributed by atoms with van der Waals surface area (Å²) in [7, 11) is 0. The topological polar surface area (TPSA) is 29.3 Å². The van der Waals surface area contributed by atoms with Gasteiger partial charge in [0, 0.05) is 12.1 Å². The maximum atomic E-state index is 6.50. The Labute approximate surface area is 124 Å². The van der Waals surface area contributed by atoms with Gasteiger partial charge in [0.15, 0.2) is 0 Å². The van der Waals surface area contributed by atoms with Crippen molar-refractivity contribution < 1.29 is 0 Å². The van der Waals surface area contributed by atoms with Gasteiger partial charge in [0.25, 0.3) is 0 Å². The summed E-state index contributed by atoms with van der Waals surface area (Å²) in [6, 6.07) is 10.2. The first-order chi connectivity index (χ1) is 9.67. The molecule has 20 heavy (non-hydrogen) atoms. The smallest absolute Gasteiger partial charge is 0.0501 e. The van der Waals surface area contributed by atoms with E-state index in [1.54, 1.807) is 0 Å². The highest BCUT2D eigenvalue weighted by molar-refractivity contribution is 5.26. The Balaban J connectivity index is 2.30. The number of hydrogen-bond donors (Lipinski definition) is 1. The number of aryl methyl sites for hydroxylation is 1.